The fraction of sp³-hybridized carbons (Fsp3) is 0.286. The van der Waals surface area contributed by atoms with E-state index in [1.165, 1.54) is 12.1 Å². The zero-order valence-corrected chi connectivity index (χ0v) is 25.9. The molecule has 0 saturated heterocycles. The minimum absolute atomic E-state index is 0.00329. The second kappa shape index (κ2) is 14.1. The van der Waals surface area contributed by atoms with E-state index in [4.69, 9.17) is 0 Å². The minimum atomic E-state index is -0.931. The summed E-state index contributed by atoms with van der Waals surface area (Å²) >= 11 is 0. The summed E-state index contributed by atoms with van der Waals surface area (Å²) in [6.07, 6.45) is 0.703. The van der Waals surface area contributed by atoms with Crippen LogP contribution in [-0.2, 0) is 9.59 Å². The number of nitrogens with one attached hydrogen (secondary N) is 4. The number of carbonyl (C=O) groups is 3. The van der Waals surface area contributed by atoms with Crippen molar-refractivity contribution in [2.75, 3.05) is 36.8 Å². The third-order valence-corrected chi connectivity index (χ3v) is 8.25. The Morgan fingerprint density at radius 1 is 1.02 bits per heavy atom. The van der Waals surface area contributed by atoms with E-state index >= 15 is 4.39 Å². The molecule has 0 fully saturated rings. The summed E-state index contributed by atoms with van der Waals surface area (Å²) < 4.78 is 29.2. The van der Waals surface area contributed by atoms with E-state index in [0.29, 0.717) is 34.7 Å². The quantitative estimate of drug-likeness (QED) is 0.201. The molecule has 5 N–H and O–H groups in total. The van der Waals surface area contributed by atoms with E-state index < -0.39 is 41.5 Å². The topological polar surface area (TPSA) is 123 Å². The van der Waals surface area contributed by atoms with Gasteiger partial charge in [0.2, 0.25) is 5.91 Å². The van der Waals surface area contributed by atoms with Crippen LogP contribution in [0.25, 0.3) is 11.1 Å². The summed E-state index contributed by atoms with van der Waals surface area (Å²) in [6, 6.07) is 16.4. The number of anilines is 2. The Bertz CT molecular complexity index is 1700. The molecule has 9 nitrogen and oxygen atoms in total. The predicted molar refractivity (Wildman–Crippen MR) is 174 cm³/mol. The number of amides is 3. The van der Waals surface area contributed by atoms with Crippen LogP contribution in [0.4, 0.5) is 20.2 Å². The lowest BCUT2D eigenvalue weighted by molar-refractivity contribution is -0.124. The Labute approximate surface area is 266 Å². The Kier molecular flexibility index (Phi) is 9.93. The molecule has 0 spiro atoms. The van der Waals surface area contributed by atoms with Crippen LogP contribution in [-0.4, -0.2) is 66.1 Å². The number of hydrogen-bond acceptors (Lipinski definition) is 6. The molecule has 3 aromatic carbocycles. The number of allylic oxidation sites excluding steroid dienone is 1. The monoisotopic (exact) mass is 629 g/mol. The van der Waals surface area contributed by atoms with E-state index in [-0.39, 0.29) is 29.2 Å². The van der Waals surface area contributed by atoms with Crippen LogP contribution >= 0.6 is 0 Å². The van der Waals surface area contributed by atoms with Crippen LogP contribution in [0.1, 0.15) is 42.3 Å². The Morgan fingerprint density at radius 3 is 2.46 bits per heavy atom. The fourth-order valence-corrected chi connectivity index (χ4v) is 5.84. The zero-order chi connectivity index (χ0) is 33.0. The summed E-state index contributed by atoms with van der Waals surface area (Å²) in [4.78, 5) is 41.9. The van der Waals surface area contributed by atoms with Gasteiger partial charge >= 0.3 is 0 Å². The lowest BCUT2D eigenvalue weighted by Crippen LogP contribution is -2.44. The van der Waals surface area contributed by atoms with Gasteiger partial charge in [0.25, 0.3) is 11.8 Å². The van der Waals surface area contributed by atoms with Gasteiger partial charge in [0.05, 0.1) is 17.6 Å². The molecule has 0 bridgehead atoms. The molecule has 2 heterocycles. The number of aliphatic hydroxyl groups excluding tert-OH is 1. The third-order valence-electron chi connectivity index (χ3n) is 8.25. The Hall–Kier alpha value is -4.87. The first-order valence-electron chi connectivity index (χ1n) is 15.3. The molecular weight excluding hydrogens is 592 g/mol. The van der Waals surface area contributed by atoms with Crippen molar-refractivity contribution in [2.45, 2.75) is 32.9 Å². The van der Waals surface area contributed by atoms with Crippen molar-refractivity contribution in [3.05, 3.63) is 107 Å². The van der Waals surface area contributed by atoms with Crippen LogP contribution in [0.5, 0.6) is 0 Å². The fourth-order valence-electron chi connectivity index (χ4n) is 5.84. The van der Waals surface area contributed by atoms with Gasteiger partial charge in [0, 0.05) is 59.0 Å². The summed E-state index contributed by atoms with van der Waals surface area (Å²) in [5, 5.41) is 22.2. The molecule has 2 aliphatic rings. The Balaban J connectivity index is 1.50. The largest absolute Gasteiger partial charge is 0.390 e. The van der Waals surface area contributed by atoms with E-state index in [1.807, 2.05) is 24.8 Å². The predicted octanol–water partition coefficient (Wildman–Crippen LogP) is 4.39. The number of benzene rings is 3. The molecule has 3 aromatic rings. The standard InChI is InChI=1S/C35H37F2N5O4/c1-4-42(5-2)19-24(43)18-38-35(46)31-20(3)39-30(32(31)25-13-12-22(36)16-28(25)37)17-27-26-15-21(11-14-29(26)41-34(27)45)33(44)40-23-9-7-6-8-10-23/h6-17,20,24,31,39,43H,4-5,18-19H2,1-3H3,(H,38,46)(H,40,44)(H,41,45)/b27-17-. The molecule has 2 aliphatic heterocycles. The van der Waals surface area contributed by atoms with Crippen molar-refractivity contribution in [3.63, 3.8) is 0 Å². The van der Waals surface area contributed by atoms with Gasteiger partial charge in [-0.15, -0.1) is 0 Å². The molecule has 46 heavy (non-hydrogen) atoms. The lowest BCUT2D eigenvalue weighted by Gasteiger charge is -2.24. The molecule has 240 valence electrons. The SMILES string of the molecule is CCN(CC)CC(O)CNC(=O)C1C(c2ccc(F)cc2F)=C(/C=C2\C(=O)Nc3ccc(C(=O)Nc4ccccc4)cc32)NC1C. The normalized spacial score (nSPS) is 18.8. The summed E-state index contributed by atoms with van der Waals surface area (Å²) in [6.45, 7) is 7.56. The van der Waals surface area contributed by atoms with Crippen LogP contribution in [0.3, 0.4) is 0 Å². The molecule has 0 aliphatic carbocycles. The van der Waals surface area contributed by atoms with Crippen molar-refractivity contribution >= 4 is 40.2 Å². The van der Waals surface area contributed by atoms with Crippen molar-refractivity contribution in [2.24, 2.45) is 5.92 Å². The van der Waals surface area contributed by atoms with Gasteiger partial charge in [-0.2, -0.15) is 0 Å². The molecule has 0 saturated carbocycles. The maximum absolute atomic E-state index is 15.3. The number of hydrogen-bond donors (Lipinski definition) is 5. The average Bonchev–Trinajstić information content (AvgIpc) is 3.53. The molecule has 3 amide bonds. The van der Waals surface area contributed by atoms with Crippen molar-refractivity contribution < 1.29 is 28.3 Å². The summed E-state index contributed by atoms with van der Waals surface area (Å²) in [5.74, 6) is -3.83. The molecule has 5 rings (SSSR count). The molecule has 0 aromatic heterocycles. The smallest absolute Gasteiger partial charge is 0.256 e. The number of para-hydroxylation sites is 1. The van der Waals surface area contributed by atoms with Crippen molar-refractivity contribution in [1.82, 2.24) is 15.5 Å². The molecular formula is C35H37F2N5O4. The average molecular weight is 630 g/mol. The van der Waals surface area contributed by atoms with Gasteiger partial charge in [-0.3, -0.25) is 14.4 Å². The van der Waals surface area contributed by atoms with E-state index in [1.54, 1.807) is 49.4 Å². The highest BCUT2D eigenvalue weighted by molar-refractivity contribution is 6.32. The van der Waals surface area contributed by atoms with Crippen LogP contribution in [0.15, 0.2) is 78.5 Å². The van der Waals surface area contributed by atoms with E-state index in [9.17, 15) is 23.9 Å². The number of nitrogens with zero attached hydrogens (tertiary/aromatic N) is 1. The summed E-state index contributed by atoms with van der Waals surface area (Å²) in [7, 11) is 0. The molecule has 11 heteroatoms. The number of aliphatic hydroxyl groups is 1. The van der Waals surface area contributed by atoms with Crippen LogP contribution in [0.2, 0.25) is 0 Å². The number of halogens is 2. The van der Waals surface area contributed by atoms with Gasteiger partial charge in [0.1, 0.15) is 11.6 Å². The molecule has 3 atom stereocenters. The van der Waals surface area contributed by atoms with E-state index in [2.05, 4.69) is 21.3 Å². The minimum Gasteiger partial charge on any atom is -0.390 e. The third kappa shape index (κ3) is 7.00. The van der Waals surface area contributed by atoms with Gasteiger partial charge < -0.3 is 31.3 Å². The maximum Gasteiger partial charge on any atom is 0.256 e. The lowest BCUT2D eigenvalue weighted by atomic mass is 9.88. The maximum atomic E-state index is 15.3. The zero-order valence-electron chi connectivity index (χ0n) is 25.9. The molecule has 3 unspecified atom stereocenters. The first-order chi connectivity index (χ1) is 22.1. The number of likely N-dealkylation sites (N-methyl/N-ethyl adjacent to an activating group) is 1. The number of rotatable bonds is 11. The Morgan fingerprint density at radius 2 is 1.76 bits per heavy atom. The second-order valence-corrected chi connectivity index (χ2v) is 11.3. The van der Waals surface area contributed by atoms with Gasteiger partial charge in [-0.25, -0.2) is 8.78 Å². The summed E-state index contributed by atoms with van der Waals surface area (Å²) in [5.41, 5.74) is 2.63. The van der Waals surface area contributed by atoms with Gasteiger partial charge in [0.15, 0.2) is 0 Å². The van der Waals surface area contributed by atoms with Gasteiger partial charge in [-0.1, -0.05) is 32.0 Å². The van der Waals surface area contributed by atoms with E-state index in [0.717, 1.165) is 25.2 Å². The first kappa shape index (κ1) is 32.5. The highest BCUT2D eigenvalue weighted by Gasteiger charge is 2.39. The highest BCUT2D eigenvalue weighted by Crippen LogP contribution is 2.40. The number of carbonyl (C=O) groups excluding carboxylic acids is 3. The highest BCUT2D eigenvalue weighted by atomic mass is 19.1. The first-order valence-corrected chi connectivity index (χ1v) is 15.3. The molecule has 0 radical (unpaired) electrons. The van der Waals surface area contributed by atoms with Crippen LogP contribution in [0, 0.1) is 17.6 Å². The second-order valence-electron chi connectivity index (χ2n) is 11.3. The van der Waals surface area contributed by atoms with Crippen LogP contribution < -0.4 is 21.3 Å². The van der Waals surface area contributed by atoms with Crippen molar-refractivity contribution in [1.29, 1.82) is 0 Å². The number of fused-ring (bicyclic) bond motifs is 1. The van der Waals surface area contributed by atoms with Crippen molar-refractivity contribution in [3.8, 4) is 0 Å². The van der Waals surface area contributed by atoms with Gasteiger partial charge in [-0.05, 0) is 74.1 Å².